The van der Waals surface area contributed by atoms with Crippen LogP contribution in [-0.4, -0.2) is 27.5 Å². The Hall–Kier alpha value is -1.69. The van der Waals surface area contributed by atoms with E-state index in [9.17, 15) is 4.79 Å². The Bertz CT molecular complexity index is 628. The van der Waals surface area contributed by atoms with Gasteiger partial charge in [0, 0.05) is 5.75 Å². The number of para-hydroxylation sites is 1. The molecular weight excluding hydrogens is 286 g/mol. The van der Waals surface area contributed by atoms with Crippen LogP contribution in [0.4, 0.5) is 0 Å². The highest BCUT2D eigenvalue weighted by Crippen LogP contribution is 2.30. The third-order valence-electron chi connectivity index (χ3n) is 2.97. The molecule has 0 aliphatic heterocycles. The van der Waals surface area contributed by atoms with Crippen molar-refractivity contribution in [2.45, 2.75) is 31.9 Å². The second-order valence-electron chi connectivity index (χ2n) is 5.77. The Morgan fingerprint density at radius 2 is 2.05 bits per heavy atom. The van der Waals surface area contributed by atoms with Crippen LogP contribution in [0.3, 0.4) is 0 Å². The second-order valence-corrected chi connectivity index (χ2v) is 6.88. The largest absolute Gasteiger partial charge is 0.492 e. The van der Waals surface area contributed by atoms with Crippen molar-refractivity contribution in [2.24, 2.45) is 0 Å². The van der Waals surface area contributed by atoms with Crippen LogP contribution >= 0.6 is 11.8 Å². The average Bonchev–Trinajstić information content (AvgIpc) is 2.83. The predicted molar refractivity (Wildman–Crippen MR) is 86.0 cm³/mol. The molecule has 5 nitrogen and oxygen atoms in total. The molecule has 0 aliphatic rings. The molecule has 0 saturated heterocycles. The van der Waals surface area contributed by atoms with Crippen LogP contribution in [0.5, 0.6) is 5.75 Å². The molecule has 0 amide bonds. The lowest BCUT2D eigenvalue weighted by molar-refractivity contribution is 0.333. The fourth-order valence-electron chi connectivity index (χ4n) is 1.97. The summed E-state index contributed by atoms with van der Waals surface area (Å²) in [5, 5.41) is 6.22. The molecule has 0 unspecified atom stereocenters. The van der Waals surface area contributed by atoms with E-state index < -0.39 is 0 Å². The minimum absolute atomic E-state index is 0.0677. The molecule has 2 rings (SSSR count). The summed E-state index contributed by atoms with van der Waals surface area (Å²) in [5.74, 6) is 3.12. The standard InChI is InChI=1S/C15H21N3O2S/c1-15(2,3)11-6-4-5-7-12(11)20-8-9-21-10-13-16-14(19)18-17-13/h4-7H,8-10H2,1-3H3,(H2,16,17,18,19). The van der Waals surface area contributed by atoms with E-state index in [1.807, 2.05) is 18.2 Å². The molecule has 0 spiro atoms. The second kappa shape index (κ2) is 6.85. The number of aromatic amines is 2. The van der Waals surface area contributed by atoms with Crippen LogP contribution in [0.25, 0.3) is 0 Å². The minimum Gasteiger partial charge on any atom is -0.492 e. The maximum Gasteiger partial charge on any atom is 0.340 e. The SMILES string of the molecule is CC(C)(C)c1ccccc1OCCSCc1n[nH]c(=O)[nH]1. The number of hydrogen-bond acceptors (Lipinski definition) is 4. The van der Waals surface area contributed by atoms with Crippen LogP contribution in [-0.2, 0) is 11.2 Å². The van der Waals surface area contributed by atoms with Crippen LogP contribution in [0, 0.1) is 0 Å². The van der Waals surface area contributed by atoms with Gasteiger partial charge >= 0.3 is 5.69 Å². The van der Waals surface area contributed by atoms with Gasteiger partial charge in [0.2, 0.25) is 0 Å². The summed E-state index contributed by atoms with van der Waals surface area (Å²) in [4.78, 5) is 13.5. The average molecular weight is 307 g/mol. The van der Waals surface area contributed by atoms with Crippen molar-refractivity contribution >= 4 is 11.8 Å². The topological polar surface area (TPSA) is 70.8 Å². The number of aromatic nitrogens is 3. The molecule has 0 radical (unpaired) electrons. The van der Waals surface area contributed by atoms with E-state index in [1.165, 1.54) is 5.56 Å². The lowest BCUT2D eigenvalue weighted by Gasteiger charge is -2.22. The smallest absolute Gasteiger partial charge is 0.340 e. The molecule has 0 bridgehead atoms. The van der Waals surface area contributed by atoms with E-state index in [2.05, 4.69) is 42.0 Å². The molecule has 2 aromatic rings. The Balaban J connectivity index is 1.80. The molecule has 21 heavy (non-hydrogen) atoms. The number of benzene rings is 1. The van der Waals surface area contributed by atoms with Crippen LogP contribution in [0.2, 0.25) is 0 Å². The summed E-state index contributed by atoms with van der Waals surface area (Å²) in [7, 11) is 0. The first kappa shape index (κ1) is 15.7. The molecule has 114 valence electrons. The fourth-order valence-corrected chi connectivity index (χ4v) is 2.64. The van der Waals surface area contributed by atoms with Crippen molar-refractivity contribution in [3.8, 4) is 5.75 Å². The van der Waals surface area contributed by atoms with Gasteiger partial charge in [0.05, 0.1) is 12.4 Å². The van der Waals surface area contributed by atoms with Crippen molar-refractivity contribution < 1.29 is 4.74 Å². The first-order valence-corrected chi connectivity index (χ1v) is 8.06. The third-order valence-corrected chi connectivity index (χ3v) is 3.90. The number of nitrogens with zero attached hydrogens (tertiary/aromatic N) is 1. The highest BCUT2D eigenvalue weighted by atomic mass is 32.2. The number of nitrogens with one attached hydrogen (secondary N) is 2. The van der Waals surface area contributed by atoms with Crippen molar-refractivity contribution in [1.82, 2.24) is 15.2 Å². The molecule has 0 saturated carbocycles. The highest BCUT2D eigenvalue weighted by molar-refractivity contribution is 7.98. The van der Waals surface area contributed by atoms with Gasteiger partial charge in [0.15, 0.2) is 0 Å². The molecule has 6 heteroatoms. The normalized spacial score (nSPS) is 11.6. The van der Waals surface area contributed by atoms with Crippen molar-refractivity contribution in [2.75, 3.05) is 12.4 Å². The molecule has 0 atom stereocenters. The van der Waals surface area contributed by atoms with Crippen molar-refractivity contribution in [1.29, 1.82) is 0 Å². The van der Waals surface area contributed by atoms with Crippen molar-refractivity contribution in [3.63, 3.8) is 0 Å². The Morgan fingerprint density at radius 1 is 1.29 bits per heavy atom. The van der Waals surface area contributed by atoms with Gasteiger partial charge in [-0.3, -0.25) is 4.98 Å². The zero-order chi connectivity index (χ0) is 15.3. The van der Waals surface area contributed by atoms with Crippen LogP contribution in [0.1, 0.15) is 32.2 Å². The number of ether oxygens (including phenoxy) is 1. The summed E-state index contributed by atoms with van der Waals surface area (Å²) >= 11 is 1.67. The van der Waals surface area contributed by atoms with E-state index in [0.29, 0.717) is 18.2 Å². The van der Waals surface area contributed by atoms with Gasteiger partial charge in [0.1, 0.15) is 11.6 Å². The molecule has 0 aliphatic carbocycles. The number of rotatable bonds is 6. The maximum atomic E-state index is 10.9. The Labute approximate surface area is 128 Å². The van der Waals surface area contributed by atoms with Gasteiger partial charge in [-0.05, 0) is 17.0 Å². The maximum absolute atomic E-state index is 10.9. The molecular formula is C15H21N3O2S. The number of hydrogen-bond donors (Lipinski definition) is 2. The minimum atomic E-state index is -0.263. The van der Waals surface area contributed by atoms with E-state index >= 15 is 0 Å². The van der Waals surface area contributed by atoms with Gasteiger partial charge in [-0.1, -0.05) is 39.0 Å². The van der Waals surface area contributed by atoms with Crippen LogP contribution in [0.15, 0.2) is 29.1 Å². The molecule has 2 N–H and O–H groups in total. The summed E-state index contributed by atoms with van der Waals surface area (Å²) in [6.07, 6.45) is 0. The fraction of sp³-hybridized carbons (Fsp3) is 0.467. The quantitative estimate of drug-likeness (QED) is 0.805. The van der Waals surface area contributed by atoms with Gasteiger partial charge in [-0.25, -0.2) is 9.89 Å². The van der Waals surface area contributed by atoms with Gasteiger partial charge in [-0.2, -0.15) is 16.9 Å². The Morgan fingerprint density at radius 3 is 2.71 bits per heavy atom. The number of H-pyrrole nitrogens is 2. The third kappa shape index (κ3) is 4.67. The molecule has 1 aromatic heterocycles. The predicted octanol–water partition coefficient (Wildman–Crippen LogP) is 2.71. The zero-order valence-corrected chi connectivity index (χ0v) is 13.4. The van der Waals surface area contributed by atoms with E-state index in [4.69, 9.17) is 4.74 Å². The van der Waals surface area contributed by atoms with E-state index in [1.54, 1.807) is 11.8 Å². The molecule has 0 fully saturated rings. The van der Waals surface area contributed by atoms with Gasteiger partial charge < -0.3 is 4.74 Å². The highest BCUT2D eigenvalue weighted by Gasteiger charge is 2.18. The van der Waals surface area contributed by atoms with E-state index in [-0.39, 0.29) is 11.1 Å². The first-order chi connectivity index (χ1) is 9.97. The van der Waals surface area contributed by atoms with Crippen molar-refractivity contribution in [3.05, 3.63) is 46.1 Å². The summed E-state index contributed by atoms with van der Waals surface area (Å²) in [5.41, 5.74) is 1.02. The molecule has 1 aromatic carbocycles. The lowest BCUT2D eigenvalue weighted by atomic mass is 9.86. The first-order valence-electron chi connectivity index (χ1n) is 6.90. The zero-order valence-electron chi connectivity index (χ0n) is 12.6. The number of thioether (sulfide) groups is 1. The summed E-state index contributed by atoms with van der Waals surface area (Å²) in [6.45, 7) is 7.17. The summed E-state index contributed by atoms with van der Waals surface area (Å²) < 4.78 is 5.89. The monoisotopic (exact) mass is 307 g/mol. The lowest BCUT2D eigenvalue weighted by Crippen LogP contribution is -2.14. The van der Waals surface area contributed by atoms with Crippen LogP contribution < -0.4 is 10.4 Å². The molecule has 1 heterocycles. The Kier molecular flexibility index (Phi) is 5.12. The van der Waals surface area contributed by atoms with Gasteiger partial charge in [-0.15, -0.1) is 0 Å². The summed E-state index contributed by atoms with van der Waals surface area (Å²) in [6, 6.07) is 8.15. The van der Waals surface area contributed by atoms with Gasteiger partial charge in [0.25, 0.3) is 0 Å². The van der Waals surface area contributed by atoms with E-state index in [0.717, 1.165) is 11.5 Å².